The minimum Gasteiger partial charge on any atom is -0.465 e. The molecule has 1 aliphatic heterocycles. The molecule has 0 saturated carbocycles. The van der Waals surface area contributed by atoms with Crippen molar-refractivity contribution in [1.29, 1.82) is 0 Å². The summed E-state index contributed by atoms with van der Waals surface area (Å²) in [6, 6.07) is 4.90. The van der Waals surface area contributed by atoms with Crippen LogP contribution in [0.5, 0.6) is 0 Å². The first-order valence-electron chi connectivity index (χ1n) is 19.1. The summed E-state index contributed by atoms with van der Waals surface area (Å²) < 4.78 is 55.1. The van der Waals surface area contributed by atoms with Crippen LogP contribution in [0.3, 0.4) is 0 Å². The molecule has 0 unspecified atom stereocenters. The van der Waals surface area contributed by atoms with Crippen molar-refractivity contribution >= 4 is 59.4 Å². The van der Waals surface area contributed by atoms with E-state index in [0.29, 0.717) is 10.6 Å². The number of ether oxygens (including phenoxy) is 10. The highest BCUT2D eigenvalue weighted by molar-refractivity contribution is 6.30. The van der Waals surface area contributed by atoms with E-state index in [1.807, 2.05) is 0 Å². The summed E-state index contributed by atoms with van der Waals surface area (Å²) >= 11 is 5.96. The number of hydrogen-bond acceptors (Lipinski definition) is 18. The highest BCUT2D eigenvalue weighted by atomic mass is 35.5. The summed E-state index contributed by atoms with van der Waals surface area (Å²) in [6.07, 6.45) is -8.02. The van der Waals surface area contributed by atoms with Crippen molar-refractivity contribution in [2.45, 2.75) is 103 Å². The third-order valence-corrected chi connectivity index (χ3v) is 8.29. The predicted molar refractivity (Wildman–Crippen MR) is 209 cm³/mol. The molecule has 1 fully saturated rings. The zero-order valence-electron chi connectivity index (χ0n) is 35.5. The van der Waals surface area contributed by atoms with Crippen molar-refractivity contribution in [2.24, 2.45) is 0 Å². The summed E-state index contributed by atoms with van der Waals surface area (Å²) in [5, 5.41) is 8.15. The maximum Gasteiger partial charge on any atom is 0.407 e. The molecule has 21 nitrogen and oxygen atoms in total. The molecular weight excluding hydrogens is 834 g/mol. The van der Waals surface area contributed by atoms with Gasteiger partial charge in [0.05, 0.1) is 65.6 Å². The highest BCUT2D eigenvalue weighted by Crippen LogP contribution is 2.37. The van der Waals surface area contributed by atoms with Crippen LogP contribution in [0.4, 0.5) is 4.79 Å². The fraction of sp³-hybridized carbons (Fsp3) is 0.641. The van der Waals surface area contributed by atoms with Gasteiger partial charge < -0.3 is 63.3 Å². The van der Waals surface area contributed by atoms with Crippen LogP contribution >= 0.6 is 11.6 Å². The van der Waals surface area contributed by atoms with E-state index in [1.165, 1.54) is 0 Å². The number of hydrogen-bond donors (Lipinski definition) is 3. The first-order valence-corrected chi connectivity index (χ1v) is 19.5. The second kappa shape index (κ2) is 25.6. The van der Waals surface area contributed by atoms with Crippen LogP contribution in [0, 0.1) is 0 Å². The van der Waals surface area contributed by atoms with Crippen molar-refractivity contribution in [2.75, 3.05) is 59.8 Å². The Morgan fingerprint density at radius 2 is 1.44 bits per heavy atom. The quantitative estimate of drug-likeness (QED) is 0.0788. The normalized spacial score (nSPS) is 19.5. The van der Waals surface area contributed by atoms with Gasteiger partial charge in [0.15, 0.2) is 18.8 Å². The van der Waals surface area contributed by atoms with E-state index in [2.05, 4.69) is 16.0 Å². The van der Waals surface area contributed by atoms with Crippen molar-refractivity contribution in [3.63, 3.8) is 0 Å². The standard InChI is InChI=1S/C39H56ClN3O18/c1-23(44)55-22-32(49)43-33-29(57-24(2)45)20-39(36(50)52-8,56-18-17-54-16-15-53-14-13-41-37(51)61-38(5,6)7)60-35(33)34(59-26(4)47)30(58-25(3)46)21-42-31(48)19-27-9-11-28(40)12-10-27/h9-12,29-30,33-35H,13-22H2,1-8H3,(H,41,51)(H,42,48)(H,43,49)/t29-,30+,33+,34+,35+,39+/m0/s1. The molecule has 1 aromatic rings. The van der Waals surface area contributed by atoms with Crippen molar-refractivity contribution in [3.8, 4) is 0 Å². The molecule has 1 aliphatic rings. The Kier molecular flexibility index (Phi) is 21.9. The third kappa shape index (κ3) is 19.9. The number of nitrogens with one attached hydrogen (secondary N) is 3. The number of alkyl carbamates (subject to hydrolysis) is 1. The van der Waals surface area contributed by atoms with Gasteiger partial charge in [0.25, 0.3) is 11.7 Å². The summed E-state index contributed by atoms with van der Waals surface area (Å²) in [5.74, 6) is -8.63. The fourth-order valence-electron chi connectivity index (χ4n) is 5.73. The summed E-state index contributed by atoms with van der Waals surface area (Å²) in [5.41, 5.74) is -0.0706. The lowest BCUT2D eigenvalue weighted by atomic mass is 9.87. The highest BCUT2D eigenvalue weighted by Gasteiger charge is 2.59. The Balaban J connectivity index is 2.42. The van der Waals surface area contributed by atoms with Crippen LogP contribution in [-0.2, 0) is 87.4 Å². The third-order valence-electron chi connectivity index (χ3n) is 8.04. The lowest BCUT2D eigenvalue weighted by Gasteiger charge is -2.48. The van der Waals surface area contributed by atoms with Gasteiger partial charge in [-0.3, -0.25) is 28.8 Å². The monoisotopic (exact) mass is 889 g/mol. The molecule has 1 saturated heterocycles. The molecule has 0 radical (unpaired) electrons. The summed E-state index contributed by atoms with van der Waals surface area (Å²) in [6.45, 7) is 8.04. The Bertz CT molecular complexity index is 1650. The van der Waals surface area contributed by atoms with E-state index in [-0.39, 0.29) is 46.0 Å². The van der Waals surface area contributed by atoms with Gasteiger partial charge in [-0.05, 0) is 38.5 Å². The lowest BCUT2D eigenvalue weighted by Crippen LogP contribution is -2.70. The second-order valence-electron chi connectivity index (χ2n) is 14.4. The molecule has 0 bridgehead atoms. The molecule has 2 rings (SSSR count). The molecule has 22 heteroatoms. The number of carbonyl (C=O) groups is 8. The van der Waals surface area contributed by atoms with Gasteiger partial charge in [0.1, 0.15) is 17.8 Å². The molecule has 1 aromatic carbocycles. The summed E-state index contributed by atoms with van der Waals surface area (Å²) in [4.78, 5) is 101. The van der Waals surface area contributed by atoms with E-state index >= 15 is 0 Å². The number of carbonyl (C=O) groups excluding carboxylic acids is 8. The number of amides is 3. The van der Waals surface area contributed by atoms with Crippen molar-refractivity contribution < 1.29 is 85.7 Å². The molecule has 3 N–H and O–H groups in total. The first kappa shape index (κ1) is 52.0. The Morgan fingerprint density at radius 1 is 0.820 bits per heavy atom. The molecule has 3 amide bonds. The van der Waals surface area contributed by atoms with Crippen molar-refractivity contribution in [1.82, 2.24) is 16.0 Å². The second-order valence-corrected chi connectivity index (χ2v) is 14.8. The van der Waals surface area contributed by atoms with Gasteiger partial charge in [-0.2, -0.15) is 0 Å². The molecule has 6 atom stereocenters. The average Bonchev–Trinajstić information content (AvgIpc) is 3.15. The number of methoxy groups -OCH3 is 1. The van der Waals surface area contributed by atoms with E-state index in [4.69, 9.17) is 59.0 Å². The molecule has 0 aliphatic carbocycles. The number of rotatable bonds is 23. The minimum atomic E-state index is -2.46. The van der Waals surface area contributed by atoms with Crippen LogP contribution in [0.2, 0.25) is 5.02 Å². The zero-order valence-corrected chi connectivity index (χ0v) is 36.2. The molecule has 0 spiro atoms. The van der Waals surface area contributed by atoms with Gasteiger partial charge >= 0.3 is 35.9 Å². The van der Waals surface area contributed by atoms with E-state index in [0.717, 1.165) is 34.8 Å². The molecule has 342 valence electrons. The molecule has 61 heavy (non-hydrogen) atoms. The van der Waals surface area contributed by atoms with Crippen LogP contribution < -0.4 is 16.0 Å². The SMILES string of the molecule is COC(=O)[C@@]1(OCCOCCOCCNC(=O)OC(C)(C)C)C[C@H](OC(C)=O)[C@@H](NC(=O)COC(C)=O)[C@H]([C@H](OC(C)=O)[C@@H](CNC(=O)Cc2ccc(Cl)cc2)OC(C)=O)O1. The van der Waals surface area contributed by atoms with E-state index in [9.17, 15) is 38.4 Å². The Morgan fingerprint density at radius 3 is 2.02 bits per heavy atom. The predicted octanol–water partition coefficient (Wildman–Crippen LogP) is 1.07. The fourth-order valence-corrected chi connectivity index (χ4v) is 5.85. The Labute approximate surface area is 358 Å². The van der Waals surface area contributed by atoms with Gasteiger partial charge in [-0.1, -0.05) is 23.7 Å². The van der Waals surface area contributed by atoms with Gasteiger partial charge in [0.2, 0.25) is 5.91 Å². The van der Waals surface area contributed by atoms with Crippen LogP contribution in [-0.4, -0.2) is 149 Å². The van der Waals surface area contributed by atoms with Gasteiger partial charge in [-0.25, -0.2) is 9.59 Å². The zero-order chi connectivity index (χ0) is 45.8. The topological polar surface area (TPSA) is 265 Å². The lowest BCUT2D eigenvalue weighted by molar-refractivity contribution is -0.315. The van der Waals surface area contributed by atoms with Crippen LogP contribution in [0.15, 0.2) is 24.3 Å². The molecule has 1 heterocycles. The van der Waals surface area contributed by atoms with E-state index < -0.39 is 109 Å². The minimum absolute atomic E-state index is 0.0549. The average molecular weight is 890 g/mol. The first-order chi connectivity index (χ1) is 28.6. The van der Waals surface area contributed by atoms with Gasteiger partial charge in [0, 0.05) is 39.3 Å². The molecule has 0 aromatic heterocycles. The van der Waals surface area contributed by atoms with Crippen molar-refractivity contribution in [3.05, 3.63) is 34.9 Å². The number of benzene rings is 1. The number of halogens is 1. The maximum absolute atomic E-state index is 13.6. The summed E-state index contributed by atoms with van der Waals surface area (Å²) in [7, 11) is 1.02. The van der Waals surface area contributed by atoms with Crippen LogP contribution in [0.1, 0.15) is 60.5 Å². The van der Waals surface area contributed by atoms with Gasteiger partial charge in [-0.15, -0.1) is 0 Å². The molecular formula is C39H56ClN3O18. The maximum atomic E-state index is 13.6. The largest absolute Gasteiger partial charge is 0.465 e. The number of esters is 5. The Hall–Kier alpha value is -5.09. The smallest absolute Gasteiger partial charge is 0.407 e. The van der Waals surface area contributed by atoms with E-state index in [1.54, 1.807) is 45.0 Å². The van der Waals surface area contributed by atoms with Crippen LogP contribution in [0.25, 0.3) is 0 Å².